The third kappa shape index (κ3) is 2.61. The summed E-state index contributed by atoms with van der Waals surface area (Å²) in [5.74, 6) is -0.256. The van der Waals surface area contributed by atoms with Gasteiger partial charge in [0.25, 0.3) is 0 Å². The second-order valence-electron chi connectivity index (χ2n) is 5.08. The summed E-state index contributed by atoms with van der Waals surface area (Å²) in [6.45, 7) is 1.99. The summed E-state index contributed by atoms with van der Waals surface area (Å²) in [5, 5.41) is 0. The Labute approximate surface area is 123 Å². The molecule has 0 N–H and O–H groups in total. The molecule has 2 heteroatoms. The Morgan fingerprint density at radius 3 is 1.76 bits per heavy atom. The van der Waals surface area contributed by atoms with Crippen LogP contribution in [-0.2, 0) is 9.59 Å². The van der Waals surface area contributed by atoms with Gasteiger partial charge in [0.2, 0.25) is 0 Å². The fraction of sp³-hybridized carbons (Fsp3) is 0.0526. The van der Waals surface area contributed by atoms with Gasteiger partial charge in [0.1, 0.15) is 0 Å². The number of allylic oxidation sites excluding steroid dienone is 4. The number of aryl methyl sites for hydroxylation is 1. The van der Waals surface area contributed by atoms with E-state index in [-0.39, 0.29) is 11.6 Å². The number of hydrogen-bond acceptors (Lipinski definition) is 2. The van der Waals surface area contributed by atoms with E-state index in [2.05, 4.69) is 0 Å². The summed E-state index contributed by atoms with van der Waals surface area (Å²) in [6, 6.07) is 16.9. The molecule has 0 bridgehead atoms. The van der Waals surface area contributed by atoms with Crippen molar-refractivity contribution in [1.29, 1.82) is 0 Å². The molecular weight excluding hydrogens is 260 g/mol. The van der Waals surface area contributed by atoms with Crippen LogP contribution in [0.25, 0.3) is 11.1 Å². The Hall–Kier alpha value is -2.74. The molecule has 0 unspecified atom stereocenters. The lowest BCUT2D eigenvalue weighted by Crippen LogP contribution is -2.12. The summed E-state index contributed by atoms with van der Waals surface area (Å²) in [5.41, 5.74) is 3.59. The van der Waals surface area contributed by atoms with Gasteiger partial charge in [0.15, 0.2) is 11.6 Å². The van der Waals surface area contributed by atoms with E-state index in [1.807, 2.05) is 61.5 Å². The van der Waals surface area contributed by atoms with Crippen molar-refractivity contribution in [2.45, 2.75) is 6.92 Å². The van der Waals surface area contributed by atoms with Crippen LogP contribution in [-0.4, -0.2) is 11.6 Å². The lowest BCUT2D eigenvalue weighted by molar-refractivity contribution is -0.112. The second-order valence-corrected chi connectivity index (χ2v) is 5.08. The van der Waals surface area contributed by atoms with Crippen molar-refractivity contribution in [1.82, 2.24) is 0 Å². The van der Waals surface area contributed by atoms with Gasteiger partial charge in [-0.1, -0.05) is 60.2 Å². The Bertz CT molecular complexity index is 763. The smallest absolute Gasteiger partial charge is 0.194 e. The first-order chi connectivity index (χ1) is 10.1. The molecule has 0 heterocycles. The van der Waals surface area contributed by atoms with Crippen molar-refractivity contribution in [2.24, 2.45) is 0 Å². The lowest BCUT2D eigenvalue weighted by atomic mass is 9.87. The molecule has 1 aliphatic rings. The van der Waals surface area contributed by atoms with Gasteiger partial charge in [-0.3, -0.25) is 9.59 Å². The van der Waals surface area contributed by atoms with Crippen molar-refractivity contribution in [3.8, 4) is 0 Å². The van der Waals surface area contributed by atoms with Crippen LogP contribution < -0.4 is 0 Å². The first kappa shape index (κ1) is 13.3. The van der Waals surface area contributed by atoms with E-state index >= 15 is 0 Å². The maximum absolute atomic E-state index is 12.7. The quantitative estimate of drug-likeness (QED) is 0.784. The minimum atomic E-state index is -0.149. The normalized spacial score (nSPS) is 14.7. The molecule has 0 amide bonds. The fourth-order valence-electron chi connectivity index (χ4n) is 2.38. The molecule has 3 rings (SSSR count). The Morgan fingerprint density at radius 1 is 0.667 bits per heavy atom. The van der Waals surface area contributed by atoms with Crippen molar-refractivity contribution < 1.29 is 9.59 Å². The lowest BCUT2D eigenvalue weighted by Gasteiger charge is -2.14. The maximum Gasteiger partial charge on any atom is 0.194 e. The van der Waals surface area contributed by atoms with E-state index in [0.717, 1.165) is 16.7 Å². The third-order valence-electron chi connectivity index (χ3n) is 3.51. The minimum absolute atomic E-state index is 0.107. The monoisotopic (exact) mass is 274 g/mol. The molecule has 0 saturated carbocycles. The molecule has 0 radical (unpaired) electrons. The molecule has 0 fully saturated rings. The molecule has 102 valence electrons. The summed E-state index contributed by atoms with van der Waals surface area (Å²) in [7, 11) is 0. The summed E-state index contributed by atoms with van der Waals surface area (Å²) in [4.78, 5) is 24.6. The fourth-order valence-corrected chi connectivity index (χ4v) is 2.38. The molecule has 0 aromatic heterocycles. The van der Waals surface area contributed by atoms with E-state index in [0.29, 0.717) is 11.1 Å². The highest BCUT2D eigenvalue weighted by Crippen LogP contribution is 2.28. The summed E-state index contributed by atoms with van der Waals surface area (Å²) in [6.07, 6.45) is 2.83. The van der Waals surface area contributed by atoms with Crippen molar-refractivity contribution in [2.75, 3.05) is 0 Å². The van der Waals surface area contributed by atoms with Crippen LogP contribution in [0.2, 0.25) is 0 Å². The zero-order valence-corrected chi connectivity index (χ0v) is 11.7. The third-order valence-corrected chi connectivity index (χ3v) is 3.51. The highest BCUT2D eigenvalue weighted by molar-refractivity contribution is 6.48. The van der Waals surface area contributed by atoms with Gasteiger partial charge in [-0.2, -0.15) is 0 Å². The highest BCUT2D eigenvalue weighted by Gasteiger charge is 2.23. The molecule has 2 aromatic rings. The van der Waals surface area contributed by atoms with E-state index in [1.165, 1.54) is 12.2 Å². The molecule has 1 aliphatic carbocycles. The van der Waals surface area contributed by atoms with E-state index in [9.17, 15) is 9.59 Å². The number of hydrogen-bond donors (Lipinski definition) is 0. The van der Waals surface area contributed by atoms with Crippen molar-refractivity contribution in [3.05, 3.63) is 83.4 Å². The number of benzene rings is 2. The van der Waals surface area contributed by atoms with E-state index in [4.69, 9.17) is 0 Å². The average Bonchev–Trinajstić information content (AvgIpc) is 2.51. The van der Waals surface area contributed by atoms with Crippen LogP contribution in [0.15, 0.2) is 66.7 Å². The van der Waals surface area contributed by atoms with Crippen LogP contribution in [0.4, 0.5) is 0 Å². The topological polar surface area (TPSA) is 34.1 Å². The van der Waals surface area contributed by atoms with Crippen LogP contribution in [0.1, 0.15) is 16.7 Å². The Morgan fingerprint density at radius 2 is 1.19 bits per heavy atom. The molecule has 0 atom stereocenters. The standard InChI is InChI=1S/C19H14O2/c1-13-7-9-15(10-8-13)18-12-16(20)11-17(19(18)21)14-5-3-2-4-6-14/h2-12H,1H3. The molecule has 2 nitrogen and oxygen atoms in total. The Kier molecular flexibility index (Phi) is 3.36. The number of Topliss-reactive ketones (excluding diaryl/α,β-unsaturated/α-hetero) is 1. The van der Waals surface area contributed by atoms with Crippen molar-refractivity contribution in [3.63, 3.8) is 0 Å². The zero-order valence-electron chi connectivity index (χ0n) is 11.7. The first-order valence-corrected chi connectivity index (χ1v) is 6.79. The highest BCUT2D eigenvalue weighted by atomic mass is 16.1. The second kappa shape index (κ2) is 5.33. The van der Waals surface area contributed by atoms with Crippen LogP contribution in [0, 0.1) is 6.92 Å². The molecule has 0 spiro atoms. The van der Waals surface area contributed by atoms with E-state index in [1.54, 1.807) is 0 Å². The van der Waals surface area contributed by atoms with Crippen LogP contribution in [0.3, 0.4) is 0 Å². The molecule has 0 saturated heterocycles. The summed E-state index contributed by atoms with van der Waals surface area (Å²) < 4.78 is 0. The van der Waals surface area contributed by atoms with Crippen molar-refractivity contribution >= 4 is 22.7 Å². The average molecular weight is 274 g/mol. The minimum Gasteiger partial charge on any atom is -0.290 e. The van der Waals surface area contributed by atoms with Gasteiger partial charge in [-0.15, -0.1) is 0 Å². The summed E-state index contributed by atoms with van der Waals surface area (Å²) >= 11 is 0. The molecule has 0 aliphatic heterocycles. The predicted molar refractivity (Wildman–Crippen MR) is 83.6 cm³/mol. The SMILES string of the molecule is Cc1ccc(C2=CC(=O)C=C(c3ccccc3)C2=O)cc1. The molecule has 21 heavy (non-hydrogen) atoms. The molecular formula is C19H14O2. The van der Waals surface area contributed by atoms with Gasteiger partial charge < -0.3 is 0 Å². The van der Waals surface area contributed by atoms with E-state index < -0.39 is 0 Å². The number of carbonyl (C=O) groups excluding carboxylic acids is 2. The largest absolute Gasteiger partial charge is 0.290 e. The van der Waals surface area contributed by atoms with Gasteiger partial charge in [-0.05, 0) is 30.2 Å². The number of carbonyl (C=O) groups is 2. The van der Waals surface area contributed by atoms with Crippen LogP contribution >= 0.6 is 0 Å². The zero-order chi connectivity index (χ0) is 14.8. The Balaban J connectivity index is 2.03. The van der Waals surface area contributed by atoms with Gasteiger partial charge in [0.05, 0.1) is 0 Å². The maximum atomic E-state index is 12.7. The number of ketones is 2. The number of rotatable bonds is 2. The first-order valence-electron chi connectivity index (χ1n) is 6.79. The van der Waals surface area contributed by atoms with Gasteiger partial charge >= 0.3 is 0 Å². The predicted octanol–water partition coefficient (Wildman–Crippen LogP) is 3.61. The van der Waals surface area contributed by atoms with Gasteiger partial charge in [-0.25, -0.2) is 0 Å². The molecule has 2 aromatic carbocycles. The van der Waals surface area contributed by atoms with Crippen LogP contribution in [0.5, 0.6) is 0 Å². The van der Waals surface area contributed by atoms with Gasteiger partial charge in [0, 0.05) is 11.1 Å².